The molecular weight excluding hydrogens is 384 g/mol. The van der Waals surface area contributed by atoms with Gasteiger partial charge in [0.05, 0.1) is 25.1 Å². The van der Waals surface area contributed by atoms with Gasteiger partial charge in [-0.1, -0.05) is 68.4 Å². The molecular formula is C27H32N2O2. The molecule has 0 unspecified atom stereocenters. The van der Waals surface area contributed by atoms with Crippen LogP contribution in [0.1, 0.15) is 42.5 Å². The molecule has 162 valence electrons. The molecule has 31 heavy (non-hydrogen) atoms. The third-order valence-electron chi connectivity index (χ3n) is 6.33. The number of aliphatic hydroxyl groups is 1. The fourth-order valence-corrected chi connectivity index (χ4v) is 4.39. The lowest BCUT2D eigenvalue weighted by Gasteiger charge is -2.42. The summed E-state index contributed by atoms with van der Waals surface area (Å²) in [5, 5.41) is 13.8. The Morgan fingerprint density at radius 3 is 2.39 bits per heavy atom. The SMILES string of the molecule is COc1ccc(CNc2c(CO)ccc3c2N(Cc2ccccc2)CCC3(C)C)cc1. The second-order valence-corrected chi connectivity index (χ2v) is 8.90. The average Bonchev–Trinajstić information content (AvgIpc) is 2.80. The summed E-state index contributed by atoms with van der Waals surface area (Å²) < 4.78 is 5.28. The van der Waals surface area contributed by atoms with E-state index in [-0.39, 0.29) is 12.0 Å². The van der Waals surface area contributed by atoms with Gasteiger partial charge < -0.3 is 20.1 Å². The van der Waals surface area contributed by atoms with Gasteiger partial charge in [-0.25, -0.2) is 0 Å². The normalized spacial score (nSPS) is 14.8. The highest BCUT2D eigenvalue weighted by Crippen LogP contribution is 2.46. The monoisotopic (exact) mass is 416 g/mol. The first-order valence-corrected chi connectivity index (χ1v) is 10.9. The molecule has 4 nitrogen and oxygen atoms in total. The Hall–Kier alpha value is -2.98. The summed E-state index contributed by atoms with van der Waals surface area (Å²) in [6.07, 6.45) is 1.10. The molecule has 3 aromatic carbocycles. The quantitative estimate of drug-likeness (QED) is 0.535. The maximum atomic E-state index is 10.1. The lowest BCUT2D eigenvalue weighted by Crippen LogP contribution is -2.37. The van der Waals surface area contributed by atoms with Crippen LogP contribution in [0, 0.1) is 0 Å². The van der Waals surface area contributed by atoms with Crippen LogP contribution in [0.15, 0.2) is 66.7 Å². The molecule has 2 N–H and O–H groups in total. The van der Waals surface area contributed by atoms with Crippen molar-refractivity contribution in [3.8, 4) is 5.75 Å². The number of aliphatic hydroxyl groups excluding tert-OH is 1. The molecule has 0 spiro atoms. The van der Waals surface area contributed by atoms with Crippen LogP contribution in [-0.4, -0.2) is 18.8 Å². The molecule has 0 bridgehead atoms. The van der Waals surface area contributed by atoms with E-state index in [1.54, 1.807) is 7.11 Å². The number of anilines is 2. The largest absolute Gasteiger partial charge is 0.497 e. The van der Waals surface area contributed by atoms with E-state index in [4.69, 9.17) is 4.74 Å². The lowest BCUT2D eigenvalue weighted by atomic mass is 9.76. The first-order valence-electron chi connectivity index (χ1n) is 10.9. The Morgan fingerprint density at radius 1 is 0.968 bits per heavy atom. The Balaban J connectivity index is 1.70. The van der Waals surface area contributed by atoms with Crippen LogP contribution in [0.2, 0.25) is 0 Å². The number of fused-ring (bicyclic) bond motifs is 1. The zero-order valence-electron chi connectivity index (χ0n) is 18.7. The molecule has 0 fully saturated rings. The predicted octanol–water partition coefficient (Wildman–Crippen LogP) is 5.49. The first-order chi connectivity index (χ1) is 15.0. The van der Waals surface area contributed by atoms with Crippen LogP contribution in [0.3, 0.4) is 0 Å². The zero-order chi connectivity index (χ0) is 21.8. The molecule has 0 aromatic heterocycles. The van der Waals surface area contributed by atoms with Gasteiger partial charge in [-0.2, -0.15) is 0 Å². The van der Waals surface area contributed by atoms with E-state index in [1.807, 2.05) is 12.1 Å². The van der Waals surface area contributed by atoms with Crippen molar-refractivity contribution in [2.45, 2.75) is 45.4 Å². The molecule has 0 aliphatic carbocycles. The van der Waals surface area contributed by atoms with Gasteiger partial charge in [0.25, 0.3) is 0 Å². The van der Waals surface area contributed by atoms with Gasteiger partial charge in [-0.3, -0.25) is 0 Å². The number of nitrogens with one attached hydrogen (secondary N) is 1. The predicted molar refractivity (Wildman–Crippen MR) is 128 cm³/mol. The number of ether oxygens (including phenoxy) is 1. The Kier molecular flexibility index (Phi) is 6.19. The maximum Gasteiger partial charge on any atom is 0.118 e. The van der Waals surface area contributed by atoms with E-state index < -0.39 is 0 Å². The zero-order valence-corrected chi connectivity index (χ0v) is 18.7. The number of hydrogen-bond acceptors (Lipinski definition) is 4. The Labute approximate surface area is 185 Å². The molecule has 1 aliphatic heterocycles. The summed E-state index contributed by atoms with van der Waals surface area (Å²) in [6.45, 7) is 7.18. The molecule has 1 aliphatic rings. The van der Waals surface area contributed by atoms with Crippen LogP contribution in [0.25, 0.3) is 0 Å². The van der Waals surface area contributed by atoms with Gasteiger partial charge in [-0.05, 0) is 40.7 Å². The number of benzene rings is 3. The molecule has 0 atom stereocenters. The summed E-state index contributed by atoms with van der Waals surface area (Å²) in [4.78, 5) is 2.46. The van der Waals surface area contributed by atoms with Crippen molar-refractivity contribution >= 4 is 11.4 Å². The molecule has 3 aromatic rings. The van der Waals surface area contributed by atoms with Crippen molar-refractivity contribution in [1.82, 2.24) is 0 Å². The average molecular weight is 417 g/mol. The Morgan fingerprint density at radius 2 is 1.71 bits per heavy atom. The molecule has 0 saturated carbocycles. The second-order valence-electron chi connectivity index (χ2n) is 8.90. The summed E-state index contributed by atoms with van der Waals surface area (Å²) in [5.41, 5.74) is 7.09. The minimum absolute atomic E-state index is 0.0117. The number of hydrogen-bond donors (Lipinski definition) is 2. The topological polar surface area (TPSA) is 44.7 Å². The van der Waals surface area contributed by atoms with E-state index in [2.05, 4.69) is 78.7 Å². The van der Waals surface area contributed by atoms with Crippen LogP contribution in [-0.2, 0) is 25.1 Å². The smallest absolute Gasteiger partial charge is 0.118 e. The lowest BCUT2D eigenvalue weighted by molar-refractivity contribution is 0.282. The summed E-state index contributed by atoms with van der Waals surface area (Å²) >= 11 is 0. The third kappa shape index (κ3) is 4.54. The Bertz CT molecular complexity index is 1010. The molecule has 1 heterocycles. The van der Waals surface area contributed by atoms with Crippen molar-refractivity contribution < 1.29 is 9.84 Å². The fraction of sp³-hybridized carbons (Fsp3) is 0.333. The minimum atomic E-state index is 0.0117. The highest BCUT2D eigenvalue weighted by Gasteiger charge is 2.33. The van der Waals surface area contributed by atoms with Gasteiger partial charge in [0.15, 0.2) is 0 Å². The van der Waals surface area contributed by atoms with E-state index in [9.17, 15) is 5.11 Å². The molecule has 0 radical (unpaired) electrons. The fourth-order valence-electron chi connectivity index (χ4n) is 4.39. The second kappa shape index (κ2) is 9.03. The number of methoxy groups -OCH3 is 1. The van der Waals surface area contributed by atoms with Crippen molar-refractivity contribution in [3.63, 3.8) is 0 Å². The van der Waals surface area contributed by atoms with Crippen molar-refractivity contribution in [1.29, 1.82) is 0 Å². The summed E-state index contributed by atoms with van der Waals surface area (Å²) in [6, 6.07) is 23.0. The van der Waals surface area contributed by atoms with Gasteiger partial charge in [-0.15, -0.1) is 0 Å². The van der Waals surface area contributed by atoms with Crippen molar-refractivity contribution in [2.24, 2.45) is 0 Å². The summed E-state index contributed by atoms with van der Waals surface area (Å²) in [5.74, 6) is 0.854. The van der Waals surface area contributed by atoms with Crippen LogP contribution in [0.5, 0.6) is 5.75 Å². The first kappa shape index (κ1) is 21.3. The van der Waals surface area contributed by atoms with Gasteiger partial charge >= 0.3 is 0 Å². The van der Waals surface area contributed by atoms with Crippen LogP contribution in [0.4, 0.5) is 11.4 Å². The van der Waals surface area contributed by atoms with E-state index in [1.165, 1.54) is 22.4 Å². The van der Waals surface area contributed by atoms with E-state index in [0.29, 0.717) is 6.54 Å². The standard InChI is InChI=1S/C27H32N2O2/c1-27(2)15-16-29(18-21-7-5-4-6-8-21)26-24(27)14-11-22(19-30)25(26)28-17-20-9-12-23(31-3)13-10-20/h4-14,28,30H,15-19H2,1-3H3. The molecule has 4 rings (SSSR count). The van der Waals surface area contributed by atoms with E-state index >= 15 is 0 Å². The maximum absolute atomic E-state index is 10.1. The van der Waals surface area contributed by atoms with Crippen molar-refractivity contribution in [2.75, 3.05) is 23.9 Å². The molecule has 4 heteroatoms. The highest BCUT2D eigenvalue weighted by molar-refractivity contribution is 5.79. The minimum Gasteiger partial charge on any atom is -0.497 e. The molecule has 0 saturated heterocycles. The number of nitrogens with zero attached hydrogens (tertiary/aromatic N) is 1. The third-order valence-corrected chi connectivity index (χ3v) is 6.33. The number of rotatable bonds is 7. The highest BCUT2D eigenvalue weighted by atomic mass is 16.5. The van der Waals surface area contributed by atoms with Gasteiger partial charge in [0.2, 0.25) is 0 Å². The van der Waals surface area contributed by atoms with Crippen molar-refractivity contribution in [3.05, 3.63) is 89.0 Å². The van der Waals surface area contributed by atoms with Gasteiger partial charge in [0, 0.05) is 25.2 Å². The van der Waals surface area contributed by atoms with Crippen LogP contribution < -0.4 is 15.0 Å². The van der Waals surface area contributed by atoms with Crippen LogP contribution >= 0.6 is 0 Å². The molecule has 0 amide bonds. The summed E-state index contributed by atoms with van der Waals surface area (Å²) in [7, 11) is 1.68. The van der Waals surface area contributed by atoms with Gasteiger partial charge in [0.1, 0.15) is 5.75 Å². The van der Waals surface area contributed by atoms with E-state index in [0.717, 1.165) is 36.5 Å².